The van der Waals surface area contributed by atoms with Crippen molar-refractivity contribution in [2.24, 2.45) is 4.99 Å². The van der Waals surface area contributed by atoms with Gasteiger partial charge in [-0.15, -0.1) is 0 Å². The lowest BCUT2D eigenvalue weighted by Crippen LogP contribution is -1.84. The molecule has 0 radical (unpaired) electrons. The Kier molecular flexibility index (Phi) is 1.15. The van der Waals surface area contributed by atoms with E-state index >= 15 is 0 Å². The Labute approximate surface area is 46.5 Å². The molecule has 0 spiro atoms. The molecule has 1 N–H and O–H groups in total. The third kappa shape index (κ3) is 1.03. The van der Waals surface area contributed by atoms with Crippen LogP contribution in [-0.2, 0) is 0 Å². The third-order valence-corrected chi connectivity index (χ3v) is 1.64. The first-order chi connectivity index (χ1) is 3.29. The molecule has 0 unspecified atom stereocenters. The normalized spacial score (nSPS) is 20.1. The van der Waals surface area contributed by atoms with Gasteiger partial charge >= 0.3 is 0 Å². The quantitative estimate of drug-likeness (QED) is 0.503. The maximum atomic E-state index is 6.95. The SMILES string of the molecule is CC1=NC(=N)SC1. The highest BCUT2D eigenvalue weighted by Gasteiger charge is 2.04. The number of nitrogens with zero attached hydrogens (tertiary/aromatic N) is 1. The molecule has 3 heteroatoms. The molecule has 0 atom stereocenters. The molecule has 1 rings (SSSR count). The number of thioether (sulfide) groups is 1. The minimum atomic E-state index is 0.456. The van der Waals surface area contributed by atoms with Crippen LogP contribution in [0.25, 0.3) is 0 Å². The Morgan fingerprint density at radius 3 is 2.71 bits per heavy atom. The predicted molar refractivity (Wildman–Crippen MR) is 33.3 cm³/mol. The van der Waals surface area contributed by atoms with E-state index in [0.29, 0.717) is 5.17 Å². The lowest BCUT2D eigenvalue weighted by atomic mass is 10.5. The van der Waals surface area contributed by atoms with Gasteiger partial charge in [-0.05, 0) is 6.92 Å². The Hall–Kier alpha value is -0.310. The van der Waals surface area contributed by atoms with Crippen LogP contribution in [-0.4, -0.2) is 16.6 Å². The van der Waals surface area contributed by atoms with Crippen molar-refractivity contribution in [3.63, 3.8) is 0 Å². The molecule has 0 saturated carbocycles. The van der Waals surface area contributed by atoms with Gasteiger partial charge in [-0.3, -0.25) is 5.41 Å². The first-order valence-electron chi connectivity index (χ1n) is 2.04. The van der Waals surface area contributed by atoms with Crippen LogP contribution in [0.5, 0.6) is 0 Å². The number of amidine groups is 1. The second kappa shape index (κ2) is 1.66. The summed E-state index contributed by atoms with van der Waals surface area (Å²) in [6, 6.07) is 0. The van der Waals surface area contributed by atoms with Crippen molar-refractivity contribution in [3.8, 4) is 0 Å². The van der Waals surface area contributed by atoms with Gasteiger partial charge in [0.05, 0.1) is 0 Å². The number of rotatable bonds is 0. The van der Waals surface area contributed by atoms with E-state index in [1.807, 2.05) is 6.92 Å². The monoisotopic (exact) mass is 114 g/mol. The van der Waals surface area contributed by atoms with E-state index < -0.39 is 0 Å². The van der Waals surface area contributed by atoms with Crippen molar-refractivity contribution >= 4 is 22.6 Å². The van der Waals surface area contributed by atoms with Crippen LogP contribution in [0.3, 0.4) is 0 Å². The lowest BCUT2D eigenvalue weighted by molar-refractivity contribution is 1.50. The van der Waals surface area contributed by atoms with Crippen LogP contribution in [0, 0.1) is 5.41 Å². The fourth-order valence-corrected chi connectivity index (χ4v) is 1.04. The number of aliphatic imine (C=N–C) groups is 1. The van der Waals surface area contributed by atoms with E-state index in [4.69, 9.17) is 5.41 Å². The molecule has 1 heterocycles. The van der Waals surface area contributed by atoms with E-state index in [1.165, 1.54) is 11.8 Å². The average Bonchev–Trinajstić information content (AvgIpc) is 1.87. The zero-order valence-electron chi connectivity index (χ0n) is 4.06. The van der Waals surface area contributed by atoms with Crippen molar-refractivity contribution in [2.75, 3.05) is 5.75 Å². The molecule has 38 valence electrons. The molecule has 0 aromatic carbocycles. The zero-order chi connectivity index (χ0) is 5.28. The molecule has 7 heavy (non-hydrogen) atoms. The van der Waals surface area contributed by atoms with Crippen molar-refractivity contribution < 1.29 is 0 Å². The minimum Gasteiger partial charge on any atom is -0.277 e. The van der Waals surface area contributed by atoms with Gasteiger partial charge in [-0.25, -0.2) is 4.99 Å². The molecule has 0 aromatic rings. The minimum absolute atomic E-state index is 0.456. The second-order valence-electron chi connectivity index (χ2n) is 1.44. The Morgan fingerprint density at radius 1 is 1.86 bits per heavy atom. The van der Waals surface area contributed by atoms with Crippen LogP contribution < -0.4 is 0 Å². The van der Waals surface area contributed by atoms with E-state index in [2.05, 4.69) is 4.99 Å². The standard InChI is InChI=1S/C4H6N2S/c1-3-2-7-4(5)6-3/h5H,2H2,1H3. The zero-order valence-corrected chi connectivity index (χ0v) is 4.88. The Morgan fingerprint density at radius 2 is 2.57 bits per heavy atom. The summed E-state index contributed by atoms with van der Waals surface area (Å²) in [6.45, 7) is 1.94. The molecule has 0 aliphatic carbocycles. The number of hydrogen-bond acceptors (Lipinski definition) is 2. The van der Waals surface area contributed by atoms with Crippen molar-refractivity contribution in [3.05, 3.63) is 0 Å². The van der Waals surface area contributed by atoms with Gasteiger partial charge in [0.15, 0.2) is 5.17 Å². The van der Waals surface area contributed by atoms with E-state index in [-0.39, 0.29) is 0 Å². The van der Waals surface area contributed by atoms with Crippen molar-refractivity contribution in [1.29, 1.82) is 5.41 Å². The second-order valence-corrected chi connectivity index (χ2v) is 2.40. The van der Waals surface area contributed by atoms with Crippen molar-refractivity contribution in [1.82, 2.24) is 0 Å². The maximum Gasteiger partial charge on any atom is 0.180 e. The first-order valence-corrected chi connectivity index (χ1v) is 3.03. The summed E-state index contributed by atoms with van der Waals surface area (Å²) < 4.78 is 0. The summed E-state index contributed by atoms with van der Waals surface area (Å²) in [6.07, 6.45) is 0. The molecule has 1 aliphatic heterocycles. The average molecular weight is 114 g/mol. The lowest BCUT2D eigenvalue weighted by Gasteiger charge is -1.75. The molecule has 2 nitrogen and oxygen atoms in total. The summed E-state index contributed by atoms with van der Waals surface area (Å²) in [4.78, 5) is 3.85. The van der Waals surface area contributed by atoms with Gasteiger partial charge < -0.3 is 0 Å². The van der Waals surface area contributed by atoms with Gasteiger partial charge in [-0.1, -0.05) is 11.8 Å². The van der Waals surface area contributed by atoms with Crippen LogP contribution >= 0.6 is 11.8 Å². The molecular weight excluding hydrogens is 108 g/mol. The summed E-state index contributed by atoms with van der Waals surface area (Å²) in [5.74, 6) is 0.916. The van der Waals surface area contributed by atoms with Crippen LogP contribution in [0.4, 0.5) is 0 Å². The summed E-state index contributed by atoms with van der Waals surface area (Å²) in [5, 5.41) is 7.41. The Balaban J connectivity index is 2.67. The largest absolute Gasteiger partial charge is 0.277 e. The Bertz CT molecular complexity index is 128. The third-order valence-electron chi connectivity index (χ3n) is 0.710. The molecule has 0 fully saturated rings. The number of nitrogens with one attached hydrogen (secondary N) is 1. The fraction of sp³-hybridized carbons (Fsp3) is 0.500. The molecule has 0 amide bonds. The highest BCUT2D eigenvalue weighted by atomic mass is 32.2. The number of hydrogen-bond donors (Lipinski definition) is 1. The molecule has 0 aromatic heterocycles. The molecular formula is C4H6N2S. The summed E-state index contributed by atoms with van der Waals surface area (Å²) >= 11 is 1.48. The smallest absolute Gasteiger partial charge is 0.180 e. The van der Waals surface area contributed by atoms with Crippen LogP contribution in [0.1, 0.15) is 6.92 Å². The van der Waals surface area contributed by atoms with Crippen LogP contribution in [0.2, 0.25) is 0 Å². The molecule has 0 bridgehead atoms. The van der Waals surface area contributed by atoms with Gasteiger partial charge in [0.2, 0.25) is 0 Å². The van der Waals surface area contributed by atoms with Gasteiger partial charge in [0, 0.05) is 11.5 Å². The fourth-order valence-electron chi connectivity index (χ4n) is 0.411. The van der Waals surface area contributed by atoms with Gasteiger partial charge in [0.1, 0.15) is 0 Å². The summed E-state index contributed by atoms with van der Waals surface area (Å²) in [7, 11) is 0. The molecule has 1 aliphatic rings. The van der Waals surface area contributed by atoms with Crippen LogP contribution in [0.15, 0.2) is 4.99 Å². The molecule has 0 saturated heterocycles. The topological polar surface area (TPSA) is 36.2 Å². The highest BCUT2D eigenvalue weighted by Crippen LogP contribution is 2.11. The predicted octanol–water partition coefficient (Wildman–Crippen LogP) is 1.13. The van der Waals surface area contributed by atoms with E-state index in [9.17, 15) is 0 Å². The first kappa shape index (κ1) is 4.84. The van der Waals surface area contributed by atoms with Gasteiger partial charge in [0.25, 0.3) is 0 Å². The maximum absolute atomic E-state index is 6.95. The van der Waals surface area contributed by atoms with Crippen molar-refractivity contribution in [2.45, 2.75) is 6.92 Å². The van der Waals surface area contributed by atoms with E-state index in [1.54, 1.807) is 0 Å². The van der Waals surface area contributed by atoms with E-state index in [0.717, 1.165) is 11.5 Å². The van der Waals surface area contributed by atoms with Gasteiger partial charge in [-0.2, -0.15) is 0 Å². The highest BCUT2D eigenvalue weighted by molar-refractivity contribution is 8.14. The summed E-state index contributed by atoms with van der Waals surface area (Å²) in [5.41, 5.74) is 1.06.